The van der Waals surface area contributed by atoms with E-state index in [2.05, 4.69) is 5.32 Å². The van der Waals surface area contributed by atoms with Gasteiger partial charge in [-0.2, -0.15) is 5.26 Å². The van der Waals surface area contributed by atoms with Crippen LogP contribution in [0.25, 0.3) is 0 Å². The fraction of sp³-hybridized carbons (Fsp3) is 0.333. The van der Waals surface area contributed by atoms with Gasteiger partial charge in [0.1, 0.15) is 5.00 Å². The van der Waals surface area contributed by atoms with Crippen molar-refractivity contribution in [3.63, 3.8) is 0 Å². The molecule has 0 unspecified atom stereocenters. The Labute approximate surface area is 173 Å². The zero-order valence-electron chi connectivity index (χ0n) is 16.8. The van der Waals surface area contributed by atoms with Crippen molar-refractivity contribution >= 4 is 39.8 Å². The number of amides is 2. The molecule has 2 aromatic rings. The van der Waals surface area contributed by atoms with E-state index in [0.29, 0.717) is 16.3 Å². The second-order valence-electron chi connectivity index (χ2n) is 6.45. The minimum absolute atomic E-state index is 0.150. The maximum atomic E-state index is 12.9. The Balaban J connectivity index is 2.23. The highest BCUT2D eigenvalue weighted by molar-refractivity contribution is 7.16. The standard InChI is InChI=1S/C21H23N3O4S/c1-13-15(3)29-19(23-16(4)25)18(13)21(27)28-14(2)20(26)24(12-8-11-22)17-9-6-5-7-10-17/h5-7,9-10,14H,8,12H2,1-4H3,(H,23,25)/t14-/m1/s1. The van der Waals surface area contributed by atoms with Gasteiger partial charge in [0, 0.05) is 24.0 Å². The highest BCUT2D eigenvalue weighted by Crippen LogP contribution is 2.33. The van der Waals surface area contributed by atoms with Crippen molar-refractivity contribution in [3.8, 4) is 6.07 Å². The van der Waals surface area contributed by atoms with Crippen LogP contribution in [0.2, 0.25) is 0 Å². The summed E-state index contributed by atoms with van der Waals surface area (Å²) in [6.45, 7) is 6.65. The number of anilines is 2. The summed E-state index contributed by atoms with van der Waals surface area (Å²) in [5, 5.41) is 12.0. The predicted octanol–water partition coefficient (Wildman–Crippen LogP) is 3.82. The Bertz CT molecular complexity index is 947. The normalized spacial score (nSPS) is 11.3. The molecule has 7 nitrogen and oxygen atoms in total. The average molecular weight is 413 g/mol. The molecule has 1 atom stereocenters. The quantitative estimate of drug-likeness (QED) is 0.696. The third-order valence-electron chi connectivity index (χ3n) is 4.29. The van der Waals surface area contributed by atoms with Gasteiger partial charge in [0.25, 0.3) is 5.91 Å². The maximum absolute atomic E-state index is 12.9. The van der Waals surface area contributed by atoms with Crippen LogP contribution in [0.1, 0.15) is 41.1 Å². The molecule has 0 fully saturated rings. The van der Waals surface area contributed by atoms with Crippen molar-refractivity contribution < 1.29 is 19.1 Å². The number of hydrogen-bond acceptors (Lipinski definition) is 6. The molecule has 2 rings (SSSR count). The smallest absolute Gasteiger partial charge is 0.342 e. The third-order valence-corrected chi connectivity index (χ3v) is 5.41. The van der Waals surface area contributed by atoms with Crippen LogP contribution >= 0.6 is 11.3 Å². The van der Waals surface area contributed by atoms with Crippen LogP contribution in [0.4, 0.5) is 10.7 Å². The largest absolute Gasteiger partial charge is 0.449 e. The number of nitriles is 1. The van der Waals surface area contributed by atoms with E-state index in [4.69, 9.17) is 10.00 Å². The van der Waals surface area contributed by atoms with Gasteiger partial charge in [-0.1, -0.05) is 18.2 Å². The number of ether oxygens (including phenoxy) is 1. The van der Waals surface area contributed by atoms with Crippen LogP contribution in [0.15, 0.2) is 30.3 Å². The lowest BCUT2D eigenvalue weighted by atomic mass is 10.1. The number of carbonyl (C=O) groups excluding carboxylic acids is 3. The molecule has 1 heterocycles. The van der Waals surface area contributed by atoms with E-state index in [9.17, 15) is 14.4 Å². The van der Waals surface area contributed by atoms with E-state index in [1.54, 1.807) is 31.2 Å². The zero-order chi connectivity index (χ0) is 21.6. The van der Waals surface area contributed by atoms with Crippen LogP contribution in [-0.4, -0.2) is 30.4 Å². The van der Waals surface area contributed by atoms with Crippen molar-refractivity contribution in [3.05, 3.63) is 46.3 Å². The Morgan fingerprint density at radius 2 is 1.90 bits per heavy atom. The van der Waals surface area contributed by atoms with Gasteiger partial charge in [-0.25, -0.2) is 4.79 Å². The zero-order valence-corrected chi connectivity index (χ0v) is 17.6. The number of rotatable bonds is 7. The van der Waals surface area contributed by atoms with Crippen LogP contribution in [0.5, 0.6) is 0 Å². The van der Waals surface area contributed by atoms with Gasteiger partial charge in [-0.15, -0.1) is 11.3 Å². The Morgan fingerprint density at radius 3 is 2.48 bits per heavy atom. The number of nitrogens with zero attached hydrogens (tertiary/aromatic N) is 2. The van der Waals surface area contributed by atoms with E-state index < -0.39 is 18.0 Å². The lowest BCUT2D eigenvalue weighted by Crippen LogP contribution is -2.40. The molecule has 1 aromatic carbocycles. The average Bonchev–Trinajstić information content (AvgIpc) is 2.95. The summed E-state index contributed by atoms with van der Waals surface area (Å²) in [5.41, 5.74) is 1.58. The SMILES string of the molecule is CC(=O)Nc1sc(C)c(C)c1C(=O)O[C@H](C)C(=O)N(CCC#N)c1ccccc1. The number of aryl methyl sites for hydroxylation is 1. The summed E-state index contributed by atoms with van der Waals surface area (Å²) in [6, 6.07) is 10.9. The van der Waals surface area contributed by atoms with Gasteiger partial charge in [-0.3, -0.25) is 9.59 Å². The van der Waals surface area contributed by atoms with Crippen LogP contribution in [0.3, 0.4) is 0 Å². The fourth-order valence-electron chi connectivity index (χ4n) is 2.75. The molecular formula is C21H23N3O4S. The van der Waals surface area contributed by atoms with E-state index in [-0.39, 0.29) is 24.4 Å². The molecule has 152 valence electrons. The maximum Gasteiger partial charge on any atom is 0.342 e. The first-order valence-corrected chi connectivity index (χ1v) is 9.89. The summed E-state index contributed by atoms with van der Waals surface area (Å²) in [7, 11) is 0. The molecule has 0 bridgehead atoms. The van der Waals surface area contributed by atoms with Crippen molar-refractivity contribution in [1.29, 1.82) is 5.26 Å². The van der Waals surface area contributed by atoms with Gasteiger partial charge in [-0.05, 0) is 38.5 Å². The highest BCUT2D eigenvalue weighted by Gasteiger charge is 2.28. The molecule has 0 aliphatic rings. The summed E-state index contributed by atoms with van der Waals surface area (Å²) in [6.07, 6.45) is -0.914. The first-order chi connectivity index (χ1) is 13.8. The lowest BCUT2D eigenvalue weighted by Gasteiger charge is -2.25. The molecule has 0 aliphatic carbocycles. The Morgan fingerprint density at radius 1 is 1.24 bits per heavy atom. The van der Waals surface area contributed by atoms with Gasteiger partial charge in [0.2, 0.25) is 5.91 Å². The van der Waals surface area contributed by atoms with Crippen molar-refractivity contribution in [1.82, 2.24) is 0 Å². The van der Waals surface area contributed by atoms with E-state index >= 15 is 0 Å². The second kappa shape index (κ2) is 9.85. The van der Waals surface area contributed by atoms with Gasteiger partial charge >= 0.3 is 5.97 Å². The minimum Gasteiger partial charge on any atom is -0.449 e. The number of carbonyl (C=O) groups is 3. The molecule has 8 heteroatoms. The first-order valence-electron chi connectivity index (χ1n) is 9.08. The van der Waals surface area contributed by atoms with Crippen LogP contribution in [-0.2, 0) is 14.3 Å². The Hall–Kier alpha value is -3.18. The monoisotopic (exact) mass is 413 g/mol. The molecular weight excluding hydrogens is 390 g/mol. The first kappa shape index (κ1) is 22.1. The van der Waals surface area contributed by atoms with Crippen molar-refractivity contribution in [2.45, 2.75) is 40.2 Å². The number of thiophene rings is 1. The third kappa shape index (κ3) is 5.42. The molecule has 0 aliphatic heterocycles. The van der Waals surface area contributed by atoms with Crippen LogP contribution in [0, 0.1) is 25.2 Å². The van der Waals surface area contributed by atoms with Crippen molar-refractivity contribution in [2.24, 2.45) is 0 Å². The van der Waals surface area contributed by atoms with Crippen LogP contribution < -0.4 is 10.2 Å². The molecule has 0 spiro atoms. The topological polar surface area (TPSA) is 99.5 Å². The number of benzene rings is 1. The molecule has 0 radical (unpaired) electrons. The molecule has 1 N–H and O–H groups in total. The van der Waals surface area contributed by atoms with E-state index in [1.165, 1.54) is 30.1 Å². The Kier molecular flexibility index (Phi) is 7.51. The lowest BCUT2D eigenvalue weighted by molar-refractivity contribution is -0.126. The summed E-state index contributed by atoms with van der Waals surface area (Å²) in [4.78, 5) is 39.5. The molecule has 0 saturated carbocycles. The number of esters is 1. The number of para-hydroxylation sites is 1. The second-order valence-corrected chi connectivity index (χ2v) is 7.67. The summed E-state index contributed by atoms with van der Waals surface area (Å²) >= 11 is 1.28. The molecule has 1 aromatic heterocycles. The number of nitrogens with one attached hydrogen (secondary N) is 1. The minimum atomic E-state index is -1.06. The summed E-state index contributed by atoms with van der Waals surface area (Å²) in [5.74, 6) is -1.40. The highest BCUT2D eigenvalue weighted by atomic mass is 32.1. The van der Waals surface area contributed by atoms with Gasteiger partial charge < -0.3 is 15.0 Å². The molecule has 2 amide bonds. The molecule has 0 saturated heterocycles. The fourth-order valence-corrected chi connectivity index (χ4v) is 3.84. The van der Waals surface area contributed by atoms with E-state index in [0.717, 1.165) is 4.88 Å². The number of hydrogen-bond donors (Lipinski definition) is 1. The van der Waals surface area contributed by atoms with E-state index in [1.807, 2.05) is 19.1 Å². The molecule has 29 heavy (non-hydrogen) atoms. The predicted molar refractivity (Wildman–Crippen MR) is 112 cm³/mol. The van der Waals surface area contributed by atoms with Gasteiger partial charge in [0.05, 0.1) is 18.1 Å². The van der Waals surface area contributed by atoms with Gasteiger partial charge in [0.15, 0.2) is 6.10 Å². The summed E-state index contributed by atoms with van der Waals surface area (Å²) < 4.78 is 5.44. The van der Waals surface area contributed by atoms with Crippen molar-refractivity contribution in [2.75, 3.05) is 16.8 Å².